The lowest BCUT2D eigenvalue weighted by atomic mass is 10.1. The van der Waals surface area contributed by atoms with Crippen molar-refractivity contribution in [3.8, 4) is 17.0 Å². The average molecular weight is 477 g/mol. The van der Waals surface area contributed by atoms with Crippen LogP contribution in [-0.4, -0.2) is 40.7 Å². The summed E-state index contributed by atoms with van der Waals surface area (Å²) in [4.78, 5) is 7.24. The second kappa shape index (κ2) is 9.66. The van der Waals surface area contributed by atoms with Crippen molar-refractivity contribution in [2.24, 2.45) is 0 Å². The molecule has 2 aromatic carbocycles. The van der Waals surface area contributed by atoms with E-state index in [-0.39, 0.29) is 6.61 Å². The highest BCUT2D eigenvalue weighted by atomic mass is 35.5. The Bertz CT molecular complexity index is 1300. The first-order valence-corrected chi connectivity index (χ1v) is 11.9. The van der Waals surface area contributed by atoms with Crippen molar-refractivity contribution >= 4 is 22.9 Å². The molecule has 5 rings (SSSR count). The third-order valence-corrected chi connectivity index (χ3v) is 6.83. The molecule has 176 valence electrons. The lowest BCUT2D eigenvalue weighted by Crippen LogP contribution is -2.32. The fourth-order valence-corrected chi connectivity index (χ4v) is 4.79. The summed E-state index contributed by atoms with van der Waals surface area (Å²) in [6.07, 6.45) is 5.12. The zero-order valence-corrected chi connectivity index (χ0v) is 20.2. The maximum atomic E-state index is 9.86. The monoisotopic (exact) mass is 476 g/mol. The fraction of sp³-hybridized carbons (Fsp3) is 0.296. The van der Waals surface area contributed by atoms with Crippen LogP contribution >= 0.6 is 11.6 Å². The third-order valence-electron chi connectivity index (χ3n) is 6.54. The average Bonchev–Trinajstić information content (AvgIpc) is 3.50. The van der Waals surface area contributed by atoms with Gasteiger partial charge in [0, 0.05) is 55.4 Å². The number of benzene rings is 2. The van der Waals surface area contributed by atoms with E-state index in [1.807, 2.05) is 16.8 Å². The van der Waals surface area contributed by atoms with Gasteiger partial charge in [-0.25, -0.2) is 4.98 Å². The van der Waals surface area contributed by atoms with Crippen LogP contribution in [-0.2, 0) is 13.2 Å². The number of halogens is 1. The molecule has 1 atom stereocenters. The first kappa shape index (κ1) is 22.7. The van der Waals surface area contributed by atoms with E-state index in [9.17, 15) is 5.11 Å². The molecule has 34 heavy (non-hydrogen) atoms. The zero-order valence-electron chi connectivity index (χ0n) is 19.5. The van der Waals surface area contributed by atoms with Gasteiger partial charge in [0.05, 0.1) is 24.4 Å². The summed E-state index contributed by atoms with van der Waals surface area (Å²) in [6, 6.07) is 17.0. The Morgan fingerprint density at radius 1 is 1.18 bits per heavy atom. The second-order valence-corrected chi connectivity index (χ2v) is 9.28. The number of anilines is 1. The van der Waals surface area contributed by atoms with E-state index in [0.29, 0.717) is 16.8 Å². The van der Waals surface area contributed by atoms with Gasteiger partial charge in [-0.15, -0.1) is 0 Å². The van der Waals surface area contributed by atoms with Gasteiger partial charge in [0.1, 0.15) is 11.4 Å². The van der Waals surface area contributed by atoms with Crippen molar-refractivity contribution in [1.29, 1.82) is 0 Å². The number of nitrogens with one attached hydrogen (secondary N) is 1. The van der Waals surface area contributed by atoms with Gasteiger partial charge in [-0.3, -0.25) is 0 Å². The molecule has 0 aliphatic carbocycles. The molecular formula is C27H29ClN4O2. The van der Waals surface area contributed by atoms with Gasteiger partial charge < -0.3 is 24.5 Å². The largest absolute Gasteiger partial charge is 0.495 e. The Balaban J connectivity index is 1.32. The molecule has 4 aromatic rings. The van der Waals surface area contributed by atoms with Crippen LogP contribution in [0.15, 0.2) is 60.9 Å². The predicted octanol–water partition coefficient (Wildman–Crippen LogP) is 4.83. The Morgan fingerprint density at radius 3 is 2.76 bits per heavy atom. The maximum absolute atomic E-state index is 9.86. The molecule has 2 aromatic heterocycles. The zero-order chi connectivity index (χ0) is 23.7. The molecule has 1 fully saturated rings. The van der Waals surface area contributed by atoms with E-state index in [1.165, 1.54) is 16.8 Å². The van der Waals surface area contributed by atoms with Crippen LogP contribution in [0.25, 0.3) is 16.9 Å². The molecule has 1 saturated heterocycles. The van der Waals surface area contributed by atoms with E-state index < -0.39 is 0 Å². The number of nitrogens with zero attached hydrogens (tertiary/aromatic N) is 3. The summed E-state index contributed by atoms with van der Waals surface area (Å²) in [5, 5.41) is 14.1. The van der Waals surface area contributed by atoms with Gasteiger partial charge in [0.2, 0.25) is 0 Å². The Morgan fingerprint density at radius 2 is 2.00 bits per heavy atom. The summed E-state index contributed by atoms with van der Waals surface area (Å²) >= 11 is 6.35. The van der Waals surface area contributed by atoms with Crippen LogP contribution in [0.3, 0.4) is 0 Å². The van der Waals surface area contributed by atoms with E-state index in [1.54, 1.807) is 19.2 Å². The van der Waals surface area contributed by atoms with Crippen LogP contribution in [0.4, 0.5) is 5.69 Å². The van der Waals surface area contributed by atoms with Crippen molar-refractivity contribution in [3.63, 3.8) is 0 Å². The van der Waals surface area contributed by atoms with Crippen molar-refractivity contribution in [3.05, 3.63) is 82.6 Å². The normalized spacial score (nSPS) is 15.9. The number of aliphatic hydroxyl groups is 1. The second-order valence-electron chi connectivity index (χ2n) is 8.88. The summed E-state index contributed by atoms with van der Waals surface area (Å²) in [5.74, 6) is 0.542. The lowest BCUT2D eigenvalue weighted by molar-refractivity contribution is 0.281. The molecule has 0 radical (unpaired) electrons. The minimum atomic E-state index is -0.118. The quantitative estimate of drug-likeness (QED) is 0.400. The Kier molecular flexibility index (Phi) is 6.46. The lowest BCUT2D eigenvalue weighted by Gasteiger charge is -2.19. The van der Waals surface area contributed by atoms with Gasteiger partial charge in [0.15, 0.2) is 0 Å². The number of rotatable bonds is 7. The van der Waals surface area contributed by atoms with Crippen LogP contribution < -0.4 is 15.0 Å². The standard InChI is InChI=1S/C27H29ClN4O2/c1-18-3-5-19(6-4-18)14-29-21-7-9-31(15-21)22-8-10-32-16-25(30-27(32)12-22)23-13-24(28)26(34-2)11-20(23)17-33/h3-6,8,10-13,16,21,29,33H,7,9,14-15,17H2,1-2H3/t21-/m0/s1. The molecule has 3 heterocycles. The highest BCUT2D eigenvalue weighted by Gasteiger charge is 2.23. The molecule has 0 amide bonds. The number of hydrogen-bond acceptors (Lipinski definition) is 5. The van der Waals surface area contributed by atoms with Crippen LogP contribution in [0, 0.1) is 6.92 Å². The molecule has 0 spiro atoms. The molecule has 1 aliphatic heterocycles. The molecule has 2 N–H and O–H groups in total. The van der Waals surface area contributed by atoms with E-state index in [0.717, 1.165) is 48.5 Å². The summed E-state index contributed by atoms with van der Waals surface area (Å²) in [6.45, 7) is 4.87. The predicted molar refractivity (Wildman–Crippen MR) is 137 cm³/mol. The SMILES string of the molecule is COc1cc(CO)c(-c2cn3ccc(N4CC[C@H](NCc5ccc(C)cc5)C4)cc3n2)cc1Cl. The van der Waals surface area contributed by atoms with E-state index in [4.69, 9.17) is 21.3 Å². The van der Waals surface area contributed by atoms with Crippen LogP contribution in [0.2, 0.25) is 5.02 Å². The number of fused-ring (bicyclic) bond motifs is 1. The summed E-state index contributed by atoms with van der Waals surface area (Å²) in [5.41, 5.74) is 6.93. The smallest absolute Gasteiger partial charge is 0.139 e. The fourth-order valence-electron chi connectivity index (χ4n) is 4.55. The number of hydrogen-bond donors (Lipinski definition) is 2. The molecule has 0 unspecified atom stereocenters. The van der Waals surface area contributed by atoms with Crippen LogP contribution in [0.5, 0.6) is 5.75 Å². The molecule has 6 nitrogen and oxygen atoms in total. The number of aryl methyl sites for hydroxylation is 1. The minimum Gasteiger partial charge on any atom is -0.495 e. The van der Waals surface area contributed by atoms with Gasteiger partial charge in [-0.05, 0) is 42.7 Å². The van der Waals surface area contributed by atoms with Crippen molar-refractivity contribution in [2.45, 2.75) is 32.5 Å². The van der Waals surface area contributed by atoms with Gasteiger partial charge in [0.25, 0.3) is 0 Å². The molecule has 1 aliphatic rings. The summed E-state index contributed by atoms with van der Waals surface area (Å²) < 4.78 is 7.29. The number of ether oxygens (including phenoxy) is 1. The van der Waals surface area contributed by atoms with Crippen molar-refractivity contribution in [2.75, 3.05) is 25.1 Å². The third kappa shape index (κ3) is 4.62. The maximum Gasteiger partial charge on any atom is 0.139 e. The van der Waals surface area contributed by atoms with Crippen molar-refractivity contribution < 1.29 is 9.84 Å². The molecule has 0 saturated carbocycles. The number of aliphatic hydroxyl groups excluding tert-OH is 1. The van der Waals surface area contributed by atoms with Gasteiger partial charge >= 0.3 is 0 Å². The molecule has 7 heteroatoms. The number of methoxy groups -OCH3 is 1. The molecule has 0 bridgehead atoms. The first-order chi connectivity index (χ1) is 16.5. The number of aromatic nitrogens is 2. The highest BCUT2D eigenvalue weighted by molar-refractivity contribution is 6.32. The van der Waals surface area contributed by atoms with Gasteiger partial charge in [-0.1, -0.05) is 41.4 Å². The van der Waals surface area contributed by atoms with Crippen LogP contribution in [0.1, 0.15) is 23.1 Å². The first-order valence-electron chi connectivity index (χ1n) is 11.5. The topological polar surface area (TPSA) is 62.0 Å². The van der Waals surface area contributed by atoms with Gasteiger partial charge in [-0.2, -0.15) is 0 Å². The molecular weight excluding hydrogens is 448 g/mol. The number of pyridine rings is 1. The van der Waals surface area contributed by atoms with E-state index in [2.05, 4.69) is 53.5 Å². The Labute approximate surface area is 204 Å². The van der Waals surface area contributed by atoms with Crippen molar-refractivity contribution in [1.82, 2.24) is 14.7 Å². The minimum absolute atomic E-state index is 0.118. The van der Waals surface area contributed by atoms with E-state index >= 15 is 0 Å². The summed E-state index contributed by atoms with van der Waals surface area (Å²) in [7, 11) is 1.56. The Hall–Kier alpha value is -3.06. The highest BCUT2D eigenvalue weighted by Crippen LogP contribution is 2.34. The number of imidazole rings is 1.